The van der Waals surface area contributed by atoms with E-state index in [1.807, 2.05) is 0 Å². The highest BCUT2D eigenvalue weighted by molar-refractivity contribution is 5.70. The third kappa shape index (κ3) is 4.34. The van der Waals surface area contributed by atoms with Gasteiger partial charge in [-0.1, -0.05) is 0 Å². The van der Waals surface area contributed by atoms with Crippen molar-refractivity contribution in [3.63, 3.8) is 0 Å². The quantitative estimate of drug-likeness (QED) is 0.578. The zero-order valence-electron chi connectivity index (χ0n) is 12.9. The molecule has 2 heterocycles. The molecular weight excluding hydrogens is 306 g/mol. The summed E-state index contributed by atoms with van der Waals surface area (Å²) >= 11 is 0. The lowest BCUT2D eigenvalue weighted by atomic mass is 10.1. The van der Waals surface area contributed by atoms with Gasteiger partial charge in [0.05, 0.1) is 19.9 Å². The maximum Gasteiger partial charge on any atom is 0.302 e. The molecule has 0 unspecified atom stereocenters. The van der Waals surface area contributed by atoms with Crippen LogP contribution in [-0.4, -0.2) is 48.3 Å². The molecule has 0 saturated heterocycles. The number of H-pyrrole nitrogens is 1. The Kier molecular flexibility index (Phi) is 5.04. The van der Waals surface area contributed by atoms with Gasteiger partial charge in [0.15, 0.2) is 5.82 Å². The van der Waals surface area contributed by atoms with Crippen molar-refractivity contribution in [2.24, 2.45) is 5.92 Å². The van der Waals surface area contributed by atoms with Gasteiger partial charge in [-0.25, -0.2) is 0 Å². The number of fused-ring (bicyclic) bond motifs is 1. The molecule has 0 atom stereocenters. The number of carbonyl (C=O) groups excluding carboxylic acids is 2. The number of nitrogens with two attached hydrogens (primary N) is 1. The first-order valence-corrected chi connectivity index (χ1v) is 7.02. The molecule has 1 aromatic heterocycles. The lowest BCUT2D eigenvalue weighted by Crippen LogP contribution is -2.35. The Labute approximate surface area is 132 Å². The molecule has 4 N–H and O–H groups in total. The molecule has 23 heavy (non-hydrogen) atoms. The van der Waals surface area contributed by atoms with Crippen molar-refractivity contribution < 1.29 is 19.1 Å². The molecule has 126 valence electrons. The van der Waals surface area contributed by atoms with E-state index < -0.39 is 11.9 Å². The number of esters is 2. The van der Waals surface area contributed by atoms with E-state index in [1.54, 1.807) is 4.90 Å². The molecule has 1 aromatic rings. The smallest absolute Gasteiger partial charge is 0.302 e. The number of aromatic nitrogens is 2. The van der Waals surface area contributed by atoms with Gasteiger partial charge in [0.25, 0.3) is 5.56 Å². The lowest BCUT2D eigenvalue weighted by Gasteiger charge is -2.23. The molecule has 0 fully saturated rings. The van der Waals surface area contributed by atoms with Gasteiger partial charge in [-0.2, -0.15) is 4.98 Å². The number of rotatable bonds is 6. The first kappa shape index (κ1) is 16.6. The van der Waals surface area contributed by atoms with E-state index in [0.717, 1.165) is 0 Å². The number of hydrogen-bond acceptors (Lipinski definition) is 9. The van der Waals surface area contributed by atoms with Crippen LogP contribution in [-0.2, 0) is 19.1 Å². The monoisotopic (exact) mass is 325 g/mol. The van der Waals surface area contributed by atoms with E-state index in [-0.39, 0.29) is 30.6 Å². The fourth-order valence-corrected chi connectivity index (χ4v) is 2.20. The molecule has 10 nitrogen and oxygen atoms in total. The highest BCUT2D eigenvalue weighted by Crippen LogP contribution is 2.26. The number of anilines is 3. The van der Waals surface area contributed by atoms with Gasteiger partial charge in [-0.3, -0.25) is 19.4 Å². The Balaban J connectivity index is 2.10. The first-order valence-electron chi connectivity index (χ1n) is 7.02. The van der Waals surface area contributed by atoms with Crippen molar-refractivity contribution in [3.8, 4) is 0 Å². The summed E-state index contributed by atoms with van der Waals surface area (Å²) in [6.45, 7) is 3.51. The van der Waals surface area contributed by atoms with E-state index in [0.29, 0.717) is 24.7 Å². The Morgan fingerprint density at radius 1 is 1.30 bits per heavy atom. The van der Waals surface area contributed by atoms with Crippen LogP contribution in [0.2, 0.25) is 0 Å². The lowest BCUT2D eigenvalue weighted by molar-refractivity contribution is -0.145. The van der Waals surface area contributed by atoms with Crippen LogP contribution in [0.25, 0.3) is 0 Å². The summed E-state index contributed by atoms with van der Waals surface area (Å²) < 4.78 is 9.98. The molecule has 0 saturated carbocycles. The van der Waals surface area contributed by atoms with E-state index in [4.69, 9.17) is 15.2 Å². The van der Waals surface area contributed by atoms with E-state index in [9.17, 15) is 14.4 Å². The molecule has 0 bridgehead atoms. The van der Waals surface area contributed by atoms with Crippen LogP contribution in [0.3, 0.4) is 0 Å². The summed E-state index contributed by atoms with van der Waals surface area (Å²) in [6, 6.07) is 0. The van der Waals surface area contributed by atoms with Crippen LogP contribution in [0.4, 0.5) is 17.5 Å². The second-order valence-electron chi connectivity index (χ2n) is 5.18. The van der Waals surface area contributed by atoms with Crippen molar-refractivity contribution in [2.75, 3.05) is 42.4 Å². The SMILES string of the molecule is CC(=O)OCC(COC(C)=O)CN1CNc2c1nc(N)[nH]c2=O. The fraction of sp³-hybridized carbons (Fsp3) is 0.538. The minimum Gasteiger partial charge on any atom is -0.465 e. The molecule has 0 spiro atoms. The number of ether oxygens (including phenoxy) is 2. The van der Waals surface area contributed by atoms with Crippen LogP contribution < -0.4 is 21.5 Å². The molecule has 0 aromatic carbocycles. The molecule has 10 heteroatoms. The molecule has 0 radical (unpaired) electrons. The maximum atomic E-state index is 11.8. The van der Waals surface area contributed by atoms with Crippen LogP contribution in [0.1, 0.15) is 13.8 Å². The first-order chi connectivity index (χ1) is 10.9. The summed E-state index contributed by atoms with van der Waals surface area (Å²) in [4.78, 5) is 42.0. The average molecular weight is 325 g/mol. The van der Waals surface area contributed by atoms with Gasteiger partial charge >= 0.3 is 11.9 Å². The van der Waals surface area contributed by atoms with Crippen LogP contribution in [0.15, 0.2) is 4.79 Å². The van der Waals surface area contributed by atoms with Crippen molar-refractivity contribution >= 4 is 29.4 Å². The molecular formula is C13H19N5O5. The second-order valence-corrected chi connectivity index (χ2v) is 5.18. The molecule has 1 aliphatic heterocycles. The maximum absolute atomic E-state index is 11.8. The van der Waals surface area contributed by atoms with Crippen LogP contribution in [0, 0.1) is 5.92 Å². The fourth-order valence-electron chi connectivity index (χ4n) is 2.20. The van der Waals surface area contributed by atoms with Crippen LogP contribution in [0.5, 0.6) is 0 Å². The number of hydrogen-bond donors (Lipinski definition) is 3. The summed E-state index contributed by atoms with van der Waals surface area (Å²) in [5, 5.41) is 2.93. The second kappa shape index (κ2) is 6.99. The van der Waals surface area contributed by atoms with E-state index in [1.165, 1.54) is 13.8 Å². The topological polar surface area (TPSA) is 140 Å². The van der Waals surface area contributed by atoms with E-state index in [2.05, 4.69) is 15.3 Å². The van der Waals surface area contributed by atoms with Crippen molar-refractivity contribution in [3.05, 3.63) is 10.4 Å². The van der Waals surface area contributed by atoms with Gasteiger partial charge in [0.1, 0.15) is 5.69 Å². The normalized spacial score (nSPS) is 12.7. The molecule has 2 rings (SSSR count). The van der Waals surface area contributed by atoms with Crippen molar-refractivity contribution in [2.45, 2.75) is 13.8 Å². The minimum absolute atomic E-state index is 0.0129. The van der Waals surface area contributed by atoms with Gasteiger partial charge < -0.3 is 25.4 Å². The van der Waals surface area contributed by atoms with Gasteiger partial charge in [0.2, 0.25) is 5.95 Å². The van der Waals surface area contributed by atoms with E-state index >= 15 is 0 Å². The summed E-state index contributed by atoms with van der Waals surface area (Å²) in [5.41, 5.74) is 5.54. The van der Waals surface area contributed by atoms with Gasteiger partial charge in [0, 0.05) is 26.3 Å². The Bertz CT molecular complexity index is 641. The Hall–Kier alpha value is -2.78. The zero-order valence-corrected chi connectivity index (χ0v) is 12.9. The van der Waals surface area contributed by atoms with Gasteiger partial charge in [-0.05, 0) is 0 Å². The third-order valence-corrected chi connectivity index (χ3v) is 3.19. The number of nitrogens with zero attached hydrogens (tertiary/aromatic N) is 2. The highest BCUT2D eigenvalue weighted by atomic mass is 16.5. The van der Waals surface area contributed by atoms with Crippen molar-refractivity contribution in [1.29, 1.82) is 0 Å². The average Bonchev–Trinajstić information content (AvgIpc) is 2.84. The standard InChI is InChI=1S/C13H19N5O5/c1-7(19)22-4-9(5-23-8(2)20)3-18-6-15-10-11(18)16-13(14)17-12(10)21/h9,15H,3-6H2,1-2H3,(H3,14,16,17,21). The molecule has 1 aliphatic rings. The number of nitrogens with one attached hydrogen (secondary N) is 2. The Morgan fingerprint density at radius 2 is 1.91 bits per heavy atom. The summed E-state index contributed by atoms with van der Waals surface area (Å²) in [5.74, 6) is -0.674. The predicted octanol–water partition coefficient (Wildman–Crippen LogP) is -0.716. The molecule has 0 aliphatic carbocycles. The highest BCUT2D eigenvalue weighted by Gasteiger charge is 2.27. The Morgan fingerprint density at radius 3 is 2.48 bits per heavy atom. The van der Waals surface area contributed by atoms with Crippen LogP contribution >= 0.6 is 0 Å². The van der Waals surface area contributed by atoms with Crippen molar-refractivity contribution in [1.82, 2.24) is 9.97 Å². The van der Waals surface area contributed by atoms with Gasteiger partial charge in [-0.15, -0.1) is 0 Å². The predicted molar refractivity (Wildman–Crippen MR) is 81.9 cm³/mol. The summed E-state index contributed by atoms with van der Waals surface area (Å²) in [6.07, 6.45) is 0. The largest absolute Gasteiger partial charge is 0.465 e. The zero-order chi connectivity index (χ0) is 17.0. The number of nitrogen functional groups attached to an aromatic ring is 1. The molecule has 0 amide bonds. The number of aromatic amines is 1. The third-order valence-electron chi connectivity index (χ3n) is 3.19. The minimum atomic E-state index is -0.420. The number of carbonyl (C=O) groups is 2. The summed E-state index contributed by atoms with van der Waals surface area (Å²) in [7, 11) is 0.